The summed E-state index contributed by atoms with van der Waals surface area (Å²) in [6.45, 7) is 1.69. The number of carbonyl (C=O) groups excluding carboxylic acids is 2. The molecule has 1 saturated heterocycles. The number of hydrogen-bond donors (Lipinski definition) is 2. The van der Waals surface area contributed by atoms with Crippen LogP contribution in [0, 0.1) is 5.92 Å². The van der Waals surface area contributed by atoms with Crippen LogP contribution in [0.3, 0.4) is 0 Å². The van der Waals surface area contributed by atoms with Gasteiger partial charge in [0, 0.05) is 12.5 Å². The maximum atomic E-state index is 12.4. The minimum absolute atomic E-state index is 0.0567. The summed E-state index contributed by atoms with van der Waals surface area (Å²) in [6, 6.07) is 10.0. The van der Waals surface area contributed by atoms with Crippen LogP contribution in [0.1, 0.15) is 37.7 Å². The molecule has 1 saturated carbocycles. The molecular formula is C17H23N3O2. The van der Waals surface area contributed by atoms with Crippen LogP contribution in [0.25, 0.3) is 0 Å². The van der Waals surface area contributed by atoms with E-state index in [0.29, 0.717) is 0 Å². The van der Waals surface area contributed by atoms with Gasteiger partial charge in [-0.3, -0.25) is 25.3 Å². The number of amides is 2. The van der Waals surface area contributed by atoms with Crippen molar-refractivity contribution >= 4 is 11.8 Å². The Morgan fingerprint density at radius 3 is 2.45 bits per heavy atom. The quantitative estimate of drug-likeness (QED) is 0.830. The van der Waals surface area contributed by atoms with Crippen molar-refractivity contribution in [1.82, 2.24) is 15.8 Å². The van der Waals surface area contributed by atoms with Gasteiger partial charge < -0.3 is 0 Å². The maximum absolute atomic E-state index is 12.4. The zero-order valence-electron chi connectivity index (χ0n) is 12.8. The lowest BCUT2D eigenvalue weighted by Gasteiger charge is -2.34. The molecule has 0 bridgehead atoms. The van der Waals surface area contributed by atoms with Crippen LogP contribution in [0.15, 0.2) is 30.3 Å². The van der Waals surface area contributed by atoms with Gasteiger partial charge in [0.15, 0.2) is 0 Å². The van der Waals surface area contributed by atoms with Crippen molar-refractivity contribution in [2.24, 2.45) is 5.92 Å². The number of hydrogen-bond acceptors (Lipinski definition) is 3. The van der Waals surface area contributed by atoms with Gasteiger partial charge in [-0.15, -0.1) is 0 Å². The van der Waals surface area contributed by atoms with Gasteiger partial charge in [-0.2, -0.15) is 0 Å². The van der Waals surface area contributed by atoms with E-state index in [2.05, 4.69) is 27.9 Å². The van der Waals surface area contributed by atoms with E-state index < -0.39 is 0 Å². The lowest BCUT2D eigenvalue weighted by atomic mass is 10.0. The van der Waals surface area contributed by atoms with E-state index in [1.807, 2.05) is 18.2 Å². The largest absolute Gasteiger partial charge is 0.288 e. The van der Waals surface area contributed by atoms with Gasteiger partial charge in [-0.05, 0) is 37.8 Å². The van der Waals surface area contributed by atoms with Crippen LogP contribution in [-0.2, 0) is 16.1 Å². The van der Waals surface area contributed by atoms with Crippen LogP contribution in [-0.4, -0.2) is 29.3 Å². The summed E-state index contributed by atoms with van der Waals surface area (Å²) >= 11 is 0. The minimum Gasteiger partial charge on any atom is -0.288 e. The molecule has 5 heteroatoms. The molecule has 118 valence electrons. The molecule has 3 rings (SSSR count). The third-order valence-electron chi connectivity index (χ3n) is 4.40. The first kappa shape index (κ1) is 15.0. The van der Waals surface area contributed by atoms with Gasteiger partial charge in [0.2, 0.25) is 5.91 Å². The van der Waals surface area contributed by atoms with Crippen LogP contribution < -0.4 is 10.9 Å². The van der Waals surface area contributed by atoms with Crippen molar-refractivity contribution < 1.29 is 9.59 Å². The Balaban J connectivity index is 1.56. The summed E-state index contributed by atoms with van der Waals surface area (Å²) in [5.74, 6) is -0.0459. The predicted octanol–water partition coefficient (Wildman–Crippen LogP) is 1.60. The Morgan fingerprint density at radius 2 is 1.73 bits per heavy atom. The molecule has 0 aromatic heterocycles. The number of carbonyl (C=O) groups is 2. The van der Waals surface area contributed by atoms with E-state index in [-0.39, 0.29) is 23.8 Å². The molecule has 2 N–H and O–H groups in total. The highest BCUT2D eigenvalue weighted by atomic mass is 16.2. The average molecular weight is 301 g/mol. The van der Waals surface area contributed by atoms with E-state index in [0.717, 1.165) is 45.2 Å². The highest BCUT2D eigenvalue weighted by Gasteiger charge is 2.32. The number of piperidine rings is 1. The predicted molar refractivity (Wildman–Crippen MR) is 83.5 cm³/mol. The number of benzene rings is 1. The van der Waals surface area contributed by atoms with Gasteiger partial charge in [0.1, 0.15) is 0 Å². The highest BCUT2D eigenvalue weighted by molar-refractivity contribution is 5.86. The Labute approximate surface area is 131 Å². The smallest absolute Gasteiger partial charge is 0.255 e. The zero-order valence-corrected chi connectivity index (χ0v) is 12.8. The minimum atomic E-state index is -0.159. The van der Waals surface area contributed by atoms with Crippen molar-refractivity contribution in [3.05, 3.63) is 35.9 Å². The van der Waals surface area contributed by atoms with Crippen LogP contribution in [0.4, 0.5) is 0 Å². The fourth-order valence-electron chi connectivity index (χ4n) is 2.95. The normalized spacial score (nSPS) is 22.1. The van der Waals surface area contributed by atoms with Gasteiger partial charge in [0.05, 0.1) is 6.04 Å². The van der Waals surface area contributed by atoms with E-state index in [1.54, 1.807) is 0 Å². The third-order valence-corrected chi connectivity index (χ3v) is 4.40. The fraction of sp³-hybridized carbons (Fsp3) is 0.529. The highest BCUT2D eigenvalue weighted by Crippen LogP contribution is 2.28. The second kappa shape index (κ2) is 6.92. The van der Waals surface area contributed by atoms with Crippen molar-refractivity contribution in [2.75, 3.05) is 6.54 Å². The summed E-state index contributed by atoms with van der Waals surface area (Å²) < 4.78 is 0. The first-order valence-electron chi connectivity index (χ1n) is 8.12. The molecule has 0 spiro atoms. The lowest BCUT2D eigenvalue weighted by Crippen LogP contribution is -2.53. The summed E-state index contributed by atoms with van der Waals surface area (Å²) in [5, 5.41) is 0. The second-order valence-electron chi connectivity index (χ2n) is 6.22. The van der Waals surface area contributed by atoms with E-state index >= 15 is 0 Å². The molecular weight excluding hydrogens is 278 g/mol. The molecule has 1 atom stereocenters. The van der Waals surface area contributed by atoms with Gasteiger partial charge >= 0.3 is 0 Å². The van der Waals surface area contributed by atoms with E-state index in [1.165, 1.54) is 5.56 Å². The molecule has 2 aliphatic rings. The number of likely N-dealkylation sites (tertiary alicyclic amines) is 1. The van der Waals surface area contributed by atoms with Crippen molar-refractivity contribution in [3.8, 4) is 0 Å². The monoisotopic (exact) mass is 301 g/mol. The summed E-state index contributed by atoms with van der Waals surface area (Å²) in [5.41, 5.74) is 6.38. The fourth-order valence-corrected chi connectivity index (χ4v) is 2.95. The molecule has 2 fully saturated rings. The lowest BCUT2D eigenvalue weighted by molar-refractivity contribution is -0.133. The number of hydrazine groups is 1. The molecule has 1 unspecified atom stereocenters. The topological polar surface area (TPSA) is 61.4 Å². The van der Waals surface area contributed by atoms with Gasteiger partial charge in [-0.25, -0.2) is 0 Å². The number of nitrogens with zero attached hydrogens (tertiary/aromatic N) is 1. The molecule has 22 heavy (non-hydrogen) atoms. The van der Waals surface area contributed by atoms with Crippen molar-refractivity contribution in [1.29, 1.82) is 0 Å². The van der Waals surface area contributed by atoms with Crippen molar-refractivity contribution in [3.63, 3.8) is 0 Å². The second-order valence-corrected chi connectivity index (χ2v) is 6.22. The van der Waals surface area contributed by atoms with Crippen molar-refractivity contribution in [2.45, 2.75) is 44.7 Å². The van der Waals surface area contributed by atoms with E-state index in [4.69, 9.17) is 0 Å². The Hall–Kier alpha value is -1.88. The SMILES string of the molecule is O=C(NNC(=O)C1CCCCN1Cc1ccccc1)C1CC1. The molecule has 1 aromatic carbocycles. The Kier molecular flexibility index (Phi) is 4.73. The van der Waals surface area contributed by atoms with E-state index in [9.17, 15) is 9.59 Å². The molecule has 1 aromatic rings. The average Bonchev–Trinajstić information content (AvgIpc) is 3.39. The third kappa shape index (κ3) is 3.85. The van der Waals surface area contributed by atoms with Crippen LogP contribution in [0.2, 0.25) is 0 Å². The molecule has 1 aliphatic heterocycles. The van der Waals surface area contributed by atoms with Gasteiger partial charge in [0.25, 0.3) is 5.91 Å². The number of nitrogens with one attached hydrogen (secondary N) is 2. The first-order chi connectivity index (χ1) is 10.7. The summed E-state index contributed by atoms with van der Waals surface area (Å²) in [6.07, 6.45) is 4.89. The Morgan fingerprint density at radius 1 is 1.00 bits per heavy atom. The van der Waals surface area contributed by atoms with Crippen LogP contribution in [0.5, 0.6) is 0 Å². The molecule has 2 amide bonds. The molecule has 1 aliphatic carbocycles. The zero-order chi connectivity index (χ0) is 15.4. The molecule has 1 heterocycles. The standard InChI is InChI=1S/C17H23N3O2/c21-16(14-9-10-14)18-19-17(22)15-8-4-5-11-20(15)12-13-6-2-1-3-7-13/h1-3,6-7,14-15H,4-5,8-12H2,(H,18,21)(H,19,22). The molecule has 5 nitrogen and oxygen atoms in total. The Bertz CT molecular complexity index is 528. The van der Waals surface area contributed by atoms with Gasteiger partial charge in [-0.1, -0.05) is 36.8 Å². The summed E-state index contributed by atoms with van der Waals surface area (Å²) in [4.78, 5) is 26.2. The first-order valence-corrected chi connectivity index (χ1v) is 8.12. The summed E-state index contributed by atoms with van der Waals surface area (Å²) in [7, 11) is 0. The van der Waals surface area contributed by atoms with Crippen LogP contribution >= 0.6 is 0 Å². The molecule has 0 radical (unpaired) electrons. The maximum Gasteiger partial charge on any atom is 0.255 e. The number of rotatable bonds is 4.